The highest BCUT2D eigenvalue weighted by Gasteiger charge is 2.00. The van der Waals surface area contributed by atoms with E-state index in [1.165, 1.54) is 0 Å². The molecule has 0 unspecified atom stereocenters. The molecule has 14 heavy (non-hydrogen) atoms. The zero-order chi connectivity index (χ0) is 11.8. The lowest BCUT2D eigenvalue weighted by Crippen LogP contribution is -2.29. The van der Waals surface area contributed by atoms with Crippen LogP contribution in [0, 0.1) is 0 Å². The van der Waals surface area contributed by atoms with Gasteiger partial charge >= 0.3 is 7.82 Å². The van der Waals surface area contributed by atoms with Crippen LogP contribution in [0.1, 0.15) is 6.92 Å². The molecule has 0 fully saturated rings. The van der Waals surface area contributed by atoms with E-state index in [9.17, 15) is 4.79 Å². The van der Waals surface area contributed by atoms with Gasteiger partial charge in [-0.15, -0.1) is 0 Å². The van der Waals surface area contributed by atoms with E-state index in [1.54, 1.807) is 6.92 Å². The summed E-state index contributed by atoms with van der Waals surface area (Å²) in [5.41, 5.74) is 5.65. The molecule has 84 valence electrons. The van der Waals surface area contributed by atoms with Crippen LogP contribution in [0.25, 0.3) is 0 Å². The minimum Gasteiger partial charge on any atom is -0.351 e. The number of hydrogen-bond acceptors (Lipinski definition) is 3. The second-order valence-corrected chi connectivity index (χ2v) is 3.36. The molecule has 8 heteroatoms. The Balaban J connectivity index is 0. The molecule has 0 aromatic heterocycles. The first kappa shape index (κ1) is 15.7. The highest BCUT2D eigenvalue weighted by molar-refractivity contribution is 7.45. The SMILES string of the molecule is C=C(C)C(=O)NCCN.O=P(O)(O)O. The van der Waals surface area contributed by atoms with Crippen LogP contribution in [-0.4, -0.2) is 33.7 Å². The third-order valence-electron chi connectivity index (χ3n) is 0.818. The minimum atomic E-state index is -4.64. The van der Waals surface area contributed by atoms with Gasteiger partial charge in [0.25, 0.3) is 0 Å². The number of phosphoric acid groups is 1. The fourth-order valence-electron chi connectivity index (χ4n) is 0.337. The first-order chi connectivity index (χ1) is 6.18. The molecule has 0 saturated heterocycles. The highest BCUT2D eigenvalue weighted by Crippen LogP contribution is 2.25. The lowest BCUT2D eigenvalue weighted by molar-refractivity contribution is -0.117. The van der Waals surface area contributed by atoms with Crippen molar-refractivity contribution < 1.29 is 24.0 Å². The Morgan fingerprint density at radius 2 is 1.86 bits per heavy atom. The Kier molecular flexibility index (Phi) is 8.61. The van der Waals surface area contributed by atoms with E-state index in [2.05, 4.69) is 11.9 Å². The molecule has 0 aromatic rings. The zero-order valence-corrected chi connectivity index (χ0v) is 8.70. The number of carbonyl (C=O) groups is 1. The lowest BCUT2D eigenvalue weighted by Gasteiger charge is -1.99. The molecule has 0 atom stereocenters. The first-order valence-corrected chi connectivity index (χ1v) is 5.17. The Morgan fingerprint density at radius 1 is 1.50 bits per heavy atom. The predicted molar refractivity (Wildman–Crippen MR) is 51.1 cm³/mol. The van der Waals surface area contributed by atoms with Crippen molar-refractivity contribution >= 4 is 13.7 Å². The van der Waals surface area contributed by atoms with Gasteiger partial charge < -0.3 is 25.7 Å². The van der Waals surface area contributed by atoms with Gasteiger partial charge in [-0.25, -0.2) is 4.57 Å². The summed E-state index contributed by atoms with van der Waals surface area (Å²) in [5.74, 6) is -0.125. The van der Waals surface area contributed by atoms with Crippen molar-refractivity contribution in [1.82, 2.24) is 5.32 Å². The molecule has 0 aliphatic carbocycles. The molecule has 0 spiro atoms. The maximum Gasteiger partial charge on any atom is 0.466 e. The largest absolute Gasteiger partial charge is 0.466 e. The summed E-state index contributed by atoms with van der Waals surface area (Å²) in [7, 11) is -4.64. The average molecular weight is 226 g/mol. The summed E-state index contributed by atoms with van der Waals surface area (Å²) in [5, 5.41) is 2.57. The van der Waals surface area contributed by atoms with Crippen LogP contribution in [0.2, 0.25) is 0 Å². The van der Waals surface area contributed by atoms with Crippen molar-refractivity contribution in [2.24, 2.45) is 5.73 Å². The van der Waals surface area contributed by atoms with Crippen molar-refractivity contribution in [3.05, 3.63) is 12.2 Å². The van der Waals surface area contributed by atoms with E-state index >= 15 is 0 Å². The van der Waals surface area contributed by atoms with Crippen LogP contribution < -0.4 is 11.1 Å². The van der Waals surface area contributed by atoms with E-state index in [0.29, 0.717) is 18.7 Å². The maximum absolute atomic E-state index is 10.6. The average Bonchev–Trinajstić information content (AvgIpc) is 1.96. The van der Waals surface area contributed by atoms with Crippen LogP contribution in [0.5, 0.6) is 0 Å². The molecule has 0 aromatic carbocycles. The molecule has 0 radical (unpaired) electrons. The molecule has 0 heterocycles. The van der Waals surface area contributed by atoms with Crippen molar-refractivity contribution in [3.63, 3.8) is 0 Å². The van der Waals surface area contributed by atoms with Crippen LogP contribution in [0.3, 0.4) is 0 Å². The monoisotopic (exact) mass is 226 g/mol. The highest BCUT2D eigenvalue weighted by atomic mass is 31.2. The third-order valence-corrected chi connectivity index (χ3v) is 0.818. The summed E-state index contributed by atoms with van der Waals surface area (Å²) >= 11 is 0. The molecule has 7 nitrogen and oxygen atoms in total. The van der Waals surface area contributed by atoms with Crippen molar-refractivity contribution in [3.8, 4) is 0 Å². The molecule has 0 aliphatic rings. The topological polar surface area (TPSA) is 133 Å². The fraction of sp³-hybridized carbons (Fsp3) is 0.500. The quantitative estimate of drug-likeness (QED) is 0.300. The van der Waals surface area contributed by atoms with Crippen molar-refractivity contribution in [1.29, 1.82) is 0 Å². The molecule has 0 saturated carbocycles. The zero-order valence-electron chi connectivity index (χ0n) is 7.80. The first-order valence-electron chi connectivity index (χ1n) is 3.60. The van der Waals surface area contributed by atoms with E-state index in [1.807, 2.05) is 0 Å². The second-order valence-electron chi connectivity index (χ2n) is 2.34. The van der Waals surface area contributed by atoms with Crippen LogP contribution >= 0.6 is 7.82 Å². The molecule has 0 aliphatic heterocycles. The number of hydrogen-bond donors (Lipinski definition) is 5. The summed E-state index contributed by atoms with van der Waals surface area (Å²) in [6, 6.07) is 0. The molecule has 0 bridgehead atoms. The van der Waals surface area contributed by atoms with Crippen LogP contribution in [-0.2, 0) is 9.36 Å². The Bertz CT molecular complexity index is 228. The smallest absolute Gasteiger partial charge is 0.351 e. The number of nitrogens with one attached hydrogen (secondary N) is 1. The molecule has 0 rings (SSSR count). The lowest BCUT2D eigenvalue weighted by atomic mass is 10.3. The van der Waals surface area contributed by atoms with E-state index in [-0.39, 0.29) is 5.91 Å². The number of carbonyl (C=O) groups excluding carboxylic acids is 1. The van der Waals surface area contributed by atoms with Crippen LogP contribution in [0.4, 0.5) is 0 Å². The van der Waals surface area contributed by atoms with Gasteiger partial charge in [0, 0.05) is 18.7 Å². The fourth-order valence-corrected chi connectivity index (χ4v) is 0.337. The summed E-state index contributed by atoms with van der Waals surface area (Å²) in [6.07, 6.45) is 0. The molecule has 6 N–H and O–H groups in total. The Morgan fingerprint density at radius 3 is 2.07 bits per heavy atom. The number of amides is 1. The maximum atomic E-state index is 10.6. The van der Waals surface area contributed by atoms with Crippen molar-refractivity contribution in [2.75, 3.05) is 13.1 Å². The summed E-state index contributed by atoms with van der Waals surface area (Å²) in [4.78, 5) is 32.2. The normalized spacial score (nSPS) is 9.79. The van der Waals surface area contributed by atoms with E-state index < -0.39 is 7.82 Å². The van der Waals surface area contributed by atoms with E-state index in [4.69, 9.17) is 25.0 Å². The standard InChI is InChI=1S/C6H12N2O.H3O4P/c1-5(2)6(9)8-4-3-7;1-5(2,3)4/h1,3-4,7H2,2H3,(H,8,9);(H3,1,2,3,4). The van der Waals surface area contributed by atoms with E-state index in [0.717, 1.165) is 0 Å². The number of nitrogens with two attached hydrogens (primary N) is 1. The van der Waals surface area contributed by atoms with Gasteiger partial charge in [-0.2, -0.15) is 0 Å². The van der Waals surface area contributed by atoms with Gasteiger partial charge in [-0.1, -0.05) is 6.58 Å². The second kappa shape index (κ2) is 7.66. The van der Waals surface area contributed by atoms with Gasteiger partial charge in [0.1, 0.15) is 0 Å². The molecular formula is C6H15N2O5P. The Hall–Kier alpha value is -0.720. The van der Waals surface area contributed by atoms with Gasteiger partial charge in [0.15, 0.2) is 0 Å². The van der Waals surface area contributed by atoms with Crippen molar-refractivity contribution in [2.45, 2.75) is 6.92 Å². The van der Waals surface area contributed by atoms with Gasteiger partial charge in [-0.3, -0.25) is 4.79 Å². The van der Waals surface area contributed by atoms with Crippen LogP contribution in [0.15, 0.2) is 12.2 Å². The third kappa shape index (κ3) is 22.5. The number of rotatable bonds is 3. The Labute approximate surface area is 81.9 Å². The summed E-state index contributed by atoms with van der Waals surface area (Å²) < 4.78 is 8.88. The summed E-state index contributed by atoms with van der Waals surface area (Å²) in [6.45, 7) is 6.10. The predicted octanol–water partition coefficient (Wildman–Crippen LogP) is -1.29. The van der Waals surface area contributed by atoms with Gasteiger partial charge in [0.2, 0.25) is 5.91 Å². The molecule has 1 amide bonds. The minimum absolute atomic E-state index is 0.125. The van der Waals surface area contributed by atoms with Gasteiger partial charge in [0.05, 0.1) is 0 Å². The molecular weight excluding hydrogens is 211 g/mol. The van der Waals surface area contributed by atoms with Gasteiger partial charge in [-0.05, 0) is 6.92 Å².